The highest BCUT2D eigenvalue weighted by Crippen LogP contribution is 2.29. The van der Waals surface area contributed by atoms with Gasteiger partial charge in [-0.15, -0.1) is 0 Å². The molecule has 2 rings (SSSR count). The number of thiol groups is 1. The van der Waals surface area contributed by atoms with Gasteiger partial charge in [0.25, 0.3) is 0 Å². The number of aliphatic hydroxyl groups is 1. The highest BCUT2D eigenvalue weighted by Gasteiger charge is 2.37. The molecule has 0 spiro atoms. The number of rotatable bonds is 2. The second-order valence-electron chi connectivity index (χ2n) is 4.72. The third-order valence-corrected chi connectivity index (χ3v) is 4.11. The lowest BCUT2D eigenvalue weighted by Crippen LogP contribution is -2.46. The van der Waals surface area contributed by atoms with E-state index in [2.05, 4.69) is 12.6 Å². The van der Waals surface area contributed by atoms with Crippen molar-refractivity contribution in [3.05, 3.63) is 0 Å². The largest absolute Gasteiger partial charge is 0.391 e. The van der Waals surface area contributed by atoms with Gasteiger partial charge in [-0.1, -0.05) is 12.8 Å². The molecule has 1 heterocycles. The van der Waals surface area contributed by atoms with Gasteiger partial charge in [0.15, 0.2) is 0 Å². The number of amides is 1. The van der Waals surface area contributed by atoms with Gasteiger partial charge < -0.3 is 10.0 Å². The van der Waals surface area contributed by atoms with E-state index >= 15 is 0 Å². The number of carbonyl (C=O) groups is 1. The fraction of sp³-hybridized carbons (Fsp3) is 0.909. The third kappa shape index (κ3) is 2.31. The van der Waals surface area contributed by atoms with Crippen LogP contribution in [0.1, 0.15) is 32.1 Å². The quantitative estimate of drug-likeness (QED) is 0.695. The normalized spacial score (nSPS) is 37.3. The lowest BCUT2D eigenvalue weighted by molar-refractivity contribution is -0.133. The summed E-state index contributed by atoms with van der Waals surface area (Å²) in [4.78, 5) is 13.7. The molecular formula is C11H19NO2S. The van der Waals surface area contributed by atoms with Crippen LogP contribution in [-0.2, 0) is 4.79 Å². The van der Waals surface area contributed by atoms with Crippen LogP contribution in [0.4, 0.5) is 0 Å². The van der Waals surface area contributed by atoms with E-state index < -0.39 is 0 Å². The number of nitrogens with zero attached hydrogens (tertiary/aromatic N) is 1. The summed E-state index contributed by atoms with van der Waals surface area (Å²) < 4.78 is 0. The summed E-state index contributed by atoms with van der Waals surface area (Å²) in [5.41, 5.74) is 0. The first-order valence-electron chi connectivity index (χ1n) is 5.80. The van der Waals surface area contributed by atoms with Crippen molar-refractivity contribution in [3.63, 3.8) is 0 Å². The molecule has 1 saturated carbocycles. The monoisotopic (exact) mass is 229 g/mol. The van der Waals surface area contributed by atoms with Crippen molar-refractivity contribution in [3.8, 4) is 0 Å². The molecule has 0 bridgehead atoms. The van der Waals surface area contributed by atoms with Gasteiger partial charge >= 0.3 is 0 Å². The predicted molar refractivity (Wildman–Crippen MR) is 61.9 cm³/mol. The van der Waals surface area contributed by atoms with Gasteiger partial charge in [0.05, 0.1) is 12.1 Å². The van der Waals surface area contributed by atoms with Crippen LogP contribution in [0.3, 0.4) is 0 Å². The van der Waals surface area contributed by atoms with Crippen LogP contribution >= 0.6 is 12.6 Å². The van der Waals surface area contributed by atoms with E-state index in [1.807, 2.05) is 4.90 Å². The van der Waals surface area contributed by atoms with Gasteiger partial charge in [-0.2, -0.15) is 12.6 Å². The summed E-state index contributed by atoms with van der Waals surface area (Å²) in [6.07, 6.45) is 4.35. The van der Waals surface area contributed by atoms with E-state index in [4.69, 9.17) is 0 Å². The minimum Gasteiger partial charge on any atom is -0.391 e. The summed E-state index contributed by atoms with van der Waals surface area (Å²) in [6, 6.07) is 0.0798. The van der Waals surface area contributed by atoms with Gasteiger partial charge in [0.1, 0.15) is 0 Å². The summed E-state index contributed by atoms with van der Waals surface area (Å²) in [5, 5.41) is 9.89. The van der Waals surface area contributed by atoms with Crippen molar-refractivity contribution in [2.24, 2.45) is 5.92 Å². The van der Waals surface area contributed by atoms with E-state index in [1.165, 1.54) is 0 Å². The maximum atomic E-state index is 11.8. The van der Waals surface area contributed by atoms with Crippen molar-refractivity contribution in [1.29, 1.82) is 0 Å². The molecule has 0 aromatic heterocycles. The first kappa shape index (κ1) is 11.3. The minimum atomic E-state index is -0.304. The standard InChI is InChI=1S/C11H19NO2S/c13-10-4-2-1-3-9(10)12-6-8(7-15)5-11(12)14/h8-10,13,15H,1-7H2/t8?,9-,10-/m0/s1. The molecule has 1 aliphatic heterocycles. The molecule has 4 heteroatoms. The maximum Gasteiger partial charge on any atom is 0.223 e. The van der Waals surface area contributed by atoms with Crippen molar-refractivity contribution in [1.82, 2.24) is 4.90 Å². The minimum absolute atomic E-state index is 0.0798. The molecule has 1 unspecified atom stereocenters. The Morgan fingerprint density at radius 2 is 2.13 bits per heavy atom. The molecule has 3 atom stereocenters. The van der Waals surface area contributed by atoms with Crippen LogP contribution in [0.25, 0.3) is 0 Å². The fourth-order valence-corrected chi connectivity index (χ4v) is 2.95. The molecule has 0 aromatic rings. The number of carbonyl (C=O) groups excluding carboxylic acids is 1. The molecule has 3 nitrogen and oxygen atoms in total. The topological polar surface area (TPSA) is 40.5 Å². The fourth-order valence-electron chi connectivity index (χ4n) is 2.71. The molecule has 86 valence electrons. The van der Waals surface area contributed by atoms with E-state index in [0.717, 1.165) is 38.0 Å². The SMILES string of the molecule is O=C1CC(CS)CN1[C@H]1CCCC[C@@H]1O. The molecule has 1 saturated heterocycles. The Morgan fingerprint density at radius 1 is 1.40 bits per heavy atom. The summed E-state index contributed by atoms with van der Waals surface area (Å²) >= 11 is 4.24. The van der Waals surface area contributed by atoms with Crippen LogP contribution in [0, 0.1) is 5.92 Å². The summed E-state index contributed by atoms with van der Waals surface area (Å²) in [7, 11) is 0. The molecule has 2 aliphatic rings. The average Bonchev–Trinajstić information content (AvgIpc) is 2.60. The zero-order chi connectivity index (χ0) is 10.8. The van der Waals surface area contributed by atoms with Crippen molar-refractivity contribution < 1.29 is 9.90 Å². The molecule has 0 radical (unpaired) electrons. The number of hydrogen-bond donors (Lipinski definition) is 2. The zero-order valence-electron chi connectivity index (χ0n) is 8.93. The predicted octanol–water partition coefficient (Wildman–Crippen LogP) is 1.07. The Morgan fingerprint density at radius 3 is 2.73 bits per heavy atom. The van der Waals surface area contributed by atoms with Gasteiger partial charge in [-0.3, -0.25) is 4.79 Å². The Bertz CT molecular complexity index is 247. The summed E-state index contributed by atoms with van der Waals surface area (Å²) in [5.74, 6) is 1.36. The Hall–Kier alpha value is -0.220. The Balaban J connectivity index is 2.00. The highest BCUT2D eigenvalue weighted by molar-refractivity contribution is 7.80. The van der Waals surface area contributed by atoms with E-state index in [0.29, 0.717) is 12.3 Å². The first-order valence-corrected chi connectivity index (χ1v) is 6.44. The van der Waals surface area contributed by atoms with Crippen LogP contribution < -0.4 is 0 Å². The van der Waals surface area contributed by atoms with Gasteiger partial charge in [0.2, 0.25) is 5.91 Å². The van der Waals surface area contributed by atoms with E-state index in [1.54, 1.807) is 0 Å². The van der Waals surface area contributed by atoms with Crippen molar-refractivity contribution >= 4 is 18.5 Å². The Labute approximate surface area is 96.2 Å². The third-order valence-electron chi connectivity index (χ3n) is 3.59. The molecule has 1 aliphatic carbocycles. The molecule has 0 aromatic carbocycles. The van der Waals surface area contributed by atoms with Crippen LogP contribution in [0.2, 0.25) is 0 Å². The first-order chi connectivity index (χ1) is 7.22. The molecule has 15 heavy (non-hydrogen) atoms. The lowest BCUT2D eigenvalue weighted by atomic mass is 9.91. The summed E-state index contributed by atoms with van der Waals surface area (Å²) in [6.45, 7) is 0.796. The smallest absolute Gasteiger partial charge is 0.223 e. The molecule has 1 N–H and O–H groups in total. The van der Waals surface area contributed by atoms with Gasteiger partial charge in [-0.25, -0.2) is 0 Å². The van der Waals surface area contributed by atoms with Crippen molar-refractivity contribution in [2.75, 3.05) is 12.3 Å². The number of hydrogen-bond acceptors (Lipinski definition) is 3. The number of likely N-dealkylation sites (tertiary alicyclic amines) is 1. The van der Waals surface area contributed by atoms with Gasteiger partial charge in [-0.05, 0) is 24.5 Å². The lowest BCUT2D eigenvalue weighted by Gasteiger charge is -2.35. The molecule has 2 fully saturated rings. The van der Waals surface area contributed by atoms with Gasteiger partial charge in [0, 0.05) is 13.0 Å². The second-order valence-corrected chi connectivity index (χ2v) is 5.08. The van der Waals surface area contributed by atoms with E-state index in [-0.39, 0.29) is 18.1 Å². The Kier molecular flexibility index (Phi) is 3.57. The maximum absolute atomic E-state index is 11.8. The second kappa shape index (κ2) is 4.74. The van der Waals surface area contributed by atoms with Crippen LogP contribution in [-0.4, -0.2) is 40.4 Å². The molecule has 1 amide bonds. The van der Waals surface area contributed by atoms with Crippen LogP contribution in [0.5, 0.6) is 0 Å². The van der Waals surface area contributed by atoms with E-state index in [9.17, 15) is 9.90 Å². The highest BCUT2D eigenvalue weighted by atomic mass is 32.1. The van der Waals surface area contributed by atoms with Crippen LogP contribution in [0.15, 0.2) is 0 Å². The number of aliphatic hydroxyl groups excluding tert-OH is 1. The molecular weight excluding hydrogens is 210 g/mol. The average molecular weight is 229 g/mol. The zero-order valence-corrected chi connectivity index (χ0v) is 9.83. The van der Waals surface area contributed by atoms with Crippen molar-refractivity contribution in [2.45, 2.75) is 44.2 Å².